The molecule has 3 atom stereocenters. The largest absolute Gasteiger partial charge is 0.491 e. The number of halogens is 2. The molecule has 3 heterocycles. The number of urea groups is 1. The van der Waals surface area contributed by atoms with Crippen LogP contribution in [0.1, 0.15) is 42.1 Å². The van der Waals surface area contributed by atoms with Crippen LogP contribution in [0.2, 0.25) is 0 Å². The molecule has 9 nitrogen and oxygen atoms in total. The molecule has 7 rings (SSSR count). The summed E-state index contributed by atoms with van der Waals surface area (Å²) in [6.07, 6.45) is 3.63. The van der Waals surface area contributed by atoms with Gasteiger partial charge in [0.05, 0.1) is 12.2 Å². The summed E-state index contributed by atoms with van der Waals surface area (Å²) in [6, 6.07) is 8.33. The lowest BCUT2D eigenvalue weighted by molar-refractivity contribution is -0.141. The van der Waals surface area contributed by atoms with E-state index >= 15 is 4.39 Å². The monoisotopic (exact) mass is 547 g/mol. The van der Waals surface area contributed by atoms with Crippen LogP contribution in [-0.4, -0.2) is 56.6 Å². The van der Waals surface area contributed by atoms with Crippen LogP contribution in [-0.2, 0) is 28.7 Å². The molecule has 2 fully saturated rings. The molecule has 0 bridgehead atoms. The van der Waals surface area contributed by atoms with E-state index in [0.29, 0.717) is 22.4 Å². The Kier molecular flexibility index (Phi) is 5.48. The van der Waals surface area contributed by atoms with Gasteiger partial charge in [0.15, 0.2) is 0 Å². The first-order valence-electron chi connectivity index (χ1n) is 13.4. The summed E-state index contributed by atoms with van der Waals surface area (Å²) < 4.78 is 37.0. The minimum Gasteiger partial charge on any atom is -0.491 e. The summed E-state index contributed by atoms with van der Waals surface area (Å²) in [5.74, 6) is -0.788. The van der Waals surface area contributed by atoms with Gasteiger partial charge in [-0.1, -0.05) is 12.1 Å². The van der Waals surface area contributed by atoms with Crippen molar-refractivity contribution in [1.82, 2.24) is 24.9 Å². The Morgan fingerprint density at radius 2 is 2.00 bits per heavy atom. The minimum atomic E-state index is -1.58. The number of nitrogens with zero attached hydrogens (tertiary/aromatic N) is 4. The van der Waals surface area contributed by atoms with Crippen molar-refractivity contribution in [3.8, 4) is 16.9 Å². The third-order valence-electron chi connectivity index (χ3n) is 8.50. The predicted octanol–water partition coefficient (Wildman–Crippen LogP) is 3.59. The van der Waals surface area contributed by atoms with Gasteiger partial charge < -0.3 is 15.0 Å². The Balaban J connectivity index is 1.16. The topological polar surface area (TPSA) is 96.8 Å². The average molecular weight is 548 g/mol. The molecule has 1 aromatic heterocycles. The van der Waals surface area contributed by atoms with Crippen LogP contribution in [0.15, 0.2) is 48.8 Å². The fourth-order valence-corrected chi connectivity index (χ4v) is 6.29. The standard InChI is InChI=1S/C29H27F2N5O4/c1-34-12-19(11-32-34)17-4-6-22-21(9-17)23(31)10-29(22)27(38)36(28(39)33-29)14-26(37)35-13-18-8-20(30)5-7-25(18)40-15-24(35)16-2-3-16/h4-9,11-12,16,23-24H,2-3,10,13-15H2,1H3,(H,33,39)/t23?,24?,29-/m0/s1. The lowest BCUT2D eigenvalue weighted by atomic mass is 9.90. The zero-order chi connectivity index (χ0) is 27.8. The summed E-state index contributed by atoms with van der Waals surface area (Å²) in [7, 11) is 1.79. The van der Waals surface area contributed by atoms with Crippen molar-refractivity contribution < 1.29 is 27.9 Å². The van der Waals surface area contributed by atoms with Crippen LogP contribution in [0.25, 0.3) is 11.1 Å². The first-order chi connectivity index (χ1) is 19.2. The molecule has 11 heteroatoms. The maximum atomic E-state index is 15.4. The lowest BCUT2D eigenvalue weighted by Crippen LogP contribution is -2.49. The maximum absolute atomic E-state index is 15.4. The van der Waals surface area contributed by atoms with Gasteiger partial charge in [0.25, 0.3) is 5.91 Å². The lowest BCUT2D eigenvalue weighted by Gasteiger charge is -2.30. The van der Waals surface area contributed by atoms with Gasteiger partial charge in [-0.05, 0) is 59.7 Å². The third kappa shape index (κ3) is 3.86. The zero-order valence-corrected chi connectivity index (χ0v) is 21.8. The van der Waals surface area contributed by atoms with Gasteiger partial charge in [0, 0.05) is 37.3 Å². The second-order valence-electron chi connectivity index (χ2n) is 11.1. The fourth-order valence-electron chi connectivity index (χ4n) is 6.29. The van der Waals surface area contributed by atoms with E-state index in [1.54, 1.807) is 47.1 Å². The molecule has 1 N–H and O–H groups in total. The number of fused-ring (bicyclic) bond motifs is 3. The number of hydrogen-bond acceptors (Lipinski definition) is 5. The molecular weight excluding hydrogens is 520 g/mol. The highest BCUT2D eigenvalue weighted by atomic mass is 19.1. The molecule has 4 amide bonds. The molecular formula is C29H27F2N5O4. The molecule has 40 heavy (non-hydrogen) atoms. The van der Waals surface area contributed by atoms with Gasteiger partial charge in [-0.25, -0.2) is 13.6 Å². The number of imide groups is 1. The highest BCUT2D eigenvalue weighted by Gasteiger charge is 2.58. The molecule has 2 unspecified atom stereocenters. The van der Waals surface area contributed by atoms with E-state index in [1.807, 2.05) is 6.20 Å². The molecule has 1 saturated carbocycles. The van der Waals surface area contributed by atoms with E-state index in [9.17, 15) is 18.8 Å². The van der Waals surface area contributed by atoms with Crippen LogP contribution in [0.5, 0.6) is 5.75 Å². The number of amides is 4. The number of rotatable bonds is 4. The normalized spacial score (nSPS) is 25.5. The third-order valence-corrected chi connectivity index (χ3v) is 8.50. The van der Waals surface area contributed by atoms with E-state index in [4.69, 9.17) is 4.74 Å². The van der Waals surface area contributed by atoms with E-state index in [0.717, 1.165) is 28.9 Å². The average Bonchev–Trinajstić information content (AvgIpc) is 3.60. The molecule has 206 valence electrons. The number of ether oxygens (including phenoxy) is 1. The quantitative estimate of drug-likeness (QED) is 0.504. The van der Waals surface area contributed by atoms with Crippen molar-refractivity contribution in [2.45, 2.75) is 43.6 Å². The van der Waals surface area contributed by atoms with Gasteiger partial charge >= 0.3 is 6.03 Å². The van der Waals surface area contributed by atoms with Crippen LogP contribution in [0.4, 0.5) is 13.6 Å². The first-order valence-corrected chi connectivity index (χ1v) is 13.4. The Morgan fingerprint density at radius 3 is 2.75 bits per heavy atom. The summed E-state index contributed by atoms with van der Waals surface area (Å²) in [5.41, 5.74) is 1.24. The van der Waals surface area contributed by atoms with Gasteiger partial charge in [-0.2, -0.15) is 5.10 Å². The number of aryl methyl sites for hydroxylation is 1. The van der Waals surface area contributed by atoms with Crippen LogP contribution < -0.4 is 10.1 Å². The molecule has 4 aliphatic rings. The summed E-state index contributed by atoms with van der Waals surface area (Å²) in [4.78, 5) is 43.0. The molecule has 1 saturated heterocycles. The second kappa shape index (κ2) is 8.87. The number of carbonyl (C=O) groups excluding carboxylic acids is 3. The SMILES string of the molecule is Cn1cc(-c2ccc3c(c2)C(F)C[C@]32NC(=O)N(CC(=O)N3Cc4cc(F)ccc4OCC3C3CC3)C2=O)cn1. The van der Waals surface area contributed by atoms with Crippen molar-refractivity contribution in [1.29, 1.82) is 0 Å². The van der Waals surface area contributed by atoms with Crippen molar-refractivity contribution in [3.63, 3.8) is 0 Å². The number of alkyl halides is 1. The van der Waals surface area contributed by atoms with Crippen molar-refractivity contribution in [2.24, 2.45) is 13.0 Å². The summed E-state index contributed by atoms with van der Waals surface area (Å²) in [6.45, 7) is -0.149. The molecule has 2 aliphatic carbocycles. The van der Waals surface area contributed by atoms with E-state index < -0.39 is 41.9 Å². The summed E-state index contributed by atoms with van der Waals surface area (Å²) >= 11 is 0. The Morgan fingerprint density at radius 1 is 1.18 bits per heavy atom. The second-order valence-corrected chi connectivity index (χ2v) is 11.1. The predicted molar refractivity (Wildman–Crippen MR) is 138 cm³/mol. The van der Waals surface area contributed by atoms with Crippen molar-refractivity contribution in [2.75, 3.05) is 13.2 Å². The van der Waals surface area contributed by atoms with E-state index in [1.165, 1.54) is 12.1 Å². The molecule has 3 aromatic rings. The van der Waals surface area contributed by atoms with E-state index in [-0.39, 0.29) is 31.5 Å². The Labute approximate surface area is 228 Å². The van der Waals surface area contributed by atoms with Gasteiger partial charge in [0.1, 0.15) is 36.4 Å². The highest BCUT2D eigenvalue weighted by Crippen LogP contribution is 2.49. The fraction of sp³-hybridized carbons (Fsp3) is 0.379. The zero-order valence-electron chi connectivity index (χ0n) is 21.8. The van der Waals surface area contributed by atoms with Gasteiger partial charge in [-0.15, -0.1) is 0 Å². The van der Waals surface area contributed by atoms with Crippen molar-refractivity contribution >= 4 is 17.8 Å². The van der Waals surface area contributed by atoms with E-state index in [2.05, 4.69) is 10.4 Å². The number of hydrogen-bond donors (Lipinski definition) is 1. The van der Waals surface area contributed by atoms with Crippen LogP contribution >= 0.6 is 0 Å². The number of carbonyl (C=O) groups is 3. The smallest absolute Gasteiger partial charge is 0.325 e. The highest BCUT2D eigenvalue weighted by molar-refractivity contribution is 6.10. The molecule has 1 spiro atoms. The minimum absolute atomic E-state index is 0.106. The first kappa shape index (κ1) is 24.7. The van der Waals surface area contributed by atoms with Gasteiger partial charge in [0.2, 0.25) is 5.91 Å². The number of nitrogens with one attached hydrogen (secondary N) is 1. The van der Waals surface area contributed by atoms with Gasteiger partial charge in [-0.3, -0.25) is 19.2 Å². The summed E-state index contributed by atoms with van der Waals surface area (Å²) in [5, 5.41) is 6.87. The molecule has 2 aliphatic heterocycles. The maximum Gasteiger partial charge on any atom is 0.325 e. The van der Waals surface area contributed by atoms with Crippen LogP contribution in [0, 0.1) is 11.7 Å². The Hall–Kier alpha value is -4.28. The molecule has 0 radical (unpaired) electrons. The Bertz CT molecular complexity index is 1570. The van der Waals surface area contributed by atoms with Crippen molar-refractivity contribution in [3.05, 3.63) is 71.3 Å². The van der Waals surface area contributed by atoms with Crippen LogP contribution in [0.3, 0.4) is 0 Å². The molecule has 2 aromatic carbocycles. The number of benzene rings is 2. The number of aromatic nitrogens is 2.